The van der Waals surface area contributed by atoms with Crippen molar-refractivity contribution in [2.75, 3.05) is 5.32 Å². The number of rotatable bonds is 4. The van der Waals surface area contributed by atoms with Gasteiger partial charge in [0.15, 0.2) is 0 Å². The highest BCUT2D eigenvalue weighted by Gasteiger charge is 2.23. The monoisotopic (exact) mass is 381 g/mol. The maximum absolute atomic E-state index is 12.8. The van der Waals surface area contributed by atoms with Crippen LogP contribution in [0.5, 0.6) is 0 Å². The third kappa shape index (κ3) is 3.53. The minimum absolute atomic E-state index is 0.00542. The average Bonchev–Trinajstić information content (AvgIpc) is 2.99. The van der Waals surface area contributed by atoms with Gasteiger partial charge in [-0.05, 0) is 61.3 Å². The molecule has 0 spiro atoms. The predicted molar refractivity (Wildman–Crippen MR) is 114 cm³/mol. The van der Waals surface area contributed by atoms with Gasteiger partial charge in [-0.25, -0.2) is 4.98 Å². The lowest BCUT2D eigenvalue weighted by atomic mass is 9.89. The summed E-state index contributed by atoms with van der Waals surface area (Å²) in [7, 11) is 0. The topological polar surface area (TPSA) is 57.8 Å². The van der Waals surface area contributed by atoms with Crippen molar-refractivity contribution >= 4 is 27.2 Å². The lowest BCUT2D eigenvalue weighted by Gasteiger charge is -2.17. The van der Waals surface area contributed by atoms with Crippen LogP contribution in [0.2, 0.25) is 0 Å². The van der Waals surface area contributed by atoms with E-state index in [4.69, 9.17) is 4.98 Å². The van der Waals surface area contributed by atoms with Crippen LogP contribution in [0.4, 0.5) is 5.69 Å². The molecule has 0 unspecified atom stereocenters. The number of aromatic amines is 1. The van der Waals surface area contributed by atoms with Crippen LogP contribution in [-0.2, 0) is 12.8 Å². The highest BCUT2D eigenvalue weighted by Crippen LogP contribution is 2.36. The van der Waals surface area contributed by atoms with Crippen molar-refractivity contribution in [2.24, 2.45) is 5.92 Å². The number of fused-ring (bicyclic) bond motifs is 3. The number of hydrogen-bond acceptors (Lipinski definition) is 4. The van der Waals surface area contributed by atoms with E-state index >= 15 is 0 Å². The Morgan fingerprint density at radius 2 is 1.96 bits per heavy atom. The Morgan fingerprint density at radius 1 is 1.22 bits per heavy atom. The minimum Gasteiger partial charge on any atom is -0.375 e. The van der Waals surface area contributed by atoms with Gasteiger partial charge in [-0.3, -0.25) is 4.79 Å². The fourth-order valence-corrected chi connectivity index (χ4v) is 5.24. The van der Waals surface area contributed by atoms with Crippen LogP contribution < -0.4 is 10.9 Å². The van der Waals surface area contributed by atoms with E-state index in [0.29, 0.717) is 17.7 Å². The third-order valence-corrected chi connectivity index (χ3v) is 6.70. The molecule has 0 amide bonds. The van der Waals surface area contributed by atoms with Gasteiger partial charge in [-0.1, -0.05) is 32.9 Å². The van der Waals surface area contributed by atoms with Crippen molar-refractivity contribution < 1.29 is 0 Å². The zero-order valence-corrected chi connectivity index (χ0v) is 17.2. The van der Waals surface area contributed by atoms with E-state index < -0.39 is 0 Å². The molecule has 5 heteroatoms. The van der Waals surface area contributed by atoms with Gasteiger partial charge in [0.2, 0.25) is 0 Å². The molecule has 2 atom stereocenters. The number of aryl methyl sites for hydroxylation is 1. The normalized spacial score (nSPS) is 17.9. The zero-order valence-electron chi connectivity index (χ0n) is 16.4. The highest BCUT2D eigenvalue weighted by atomic mass is 32.1. The van der Waals surface area contributed by atoms with Gasteiger partial charge in [-0.15, -0.1) is 11.3 Å². The Labute approximate surface area is 164 Å². The number of anilines is 1. The summed E-state index contributed by atoms with van der Waals surface area (Å²) in [5.74, 6) is 1.91. The van der Waals surface area contributed by atoms with E-state index in [1.54, 1.807) is 11.3 Å². The van der Waals surface area contributed by atoms with Crippen molar-refractivity contribution in [3.63, 3.8) is 0 Å². The summed E-state index contributed by atoms with van der Waals surface area (Å²) in [5.41, 5.74) is 3.60. The fourth-order valence-electron chi connectivity index (χ4n) is 3.85. The summed E-state index contributed by atoms with van der Waals surface area (Å²) in [6, 6.07) is 8.41. The molecule has 1 aliphatic carbocycles. The first-order valence-electron chi connectivity index (χ1n) is 9.83. The molecule has 4 nitrogen and oxygen atoms in total. The van der Waals surface area contributed by atoms with Gasteiger partial charge in [0.05, 0.1) is 11.4 Å². The maximum atomic E-state index is 12.8. The molecular formula is C22H27N3OS. The van der Waals surface area contributed by atoms with Crippen molar-refractivity contribution in [2.45, 2.75) is 58.9 Å². The summed E-state index contributed by atoms with van der Waals surface area (Å²) in [6.45, 7) is 8.70. The summed E-state index contributed by atoms with van der Waals surface area (Å²) < 4.78 is 0. The van der Waals surface area contributed by atoms with Crippen molar-refractivity contribution in [1.82, 2.24) is 9.97 Å². The van der Waals surface area contributed by atoms with E-state index in [9.17, 15) is 4.79 Å². The smallest absolute Gasteiger partial charge is 0.259 e. The van der Waals surface area contributed by atoms with Crippen LogP contribution in [0.3, 0.4) is 0 Å². The molecule has 0 radical (unpaired) electrons. The molecule has 2 N–H and O–H groups in total. The lowest BCUT2D eigenvalue weighted by Crippen LogP contribution is -2.18. The number of nitrogens with zero attached hydrogens (tertiary/aromatic N) is 1. The Kier molecular flexibility index (Phi) is 4.81. The quantitative estimate of drug-likeness (QED) is 0.635. The molecular weight excluding hydrogens is 354 g/mol. The average molecular weight is 382 g/mol. The van der Waals surface area contributed by atoms with Gasteiger partial charge >= 0.3 is 0 Å². The van der Waals surface area contributed by atoms with E-state index in [2.05, 4.69) is 55.3 Å². The van der Waals surface area contributed by atoms with Gasteiger partial charge in [0, 0.05) is 10.6 Å². The molecule has 27 heavy (non-hydrogen) atoms. The van der Waals surface area contributed by atoms with E-state index in [1.165, 1.54) is 16.0 Å². The Balaban J connectivity index is 1.62. The second-order valence-electron chi connectivity index (χ2n) is 8.13. The summed E-state index contributed by atoms with van der Waals surface area (Å²) >= 11 is 1.70. The molecule has 1 aliphatic rings. The minimum atomic E-state index is -0.0648. The van der Waals surface area contributed by atoms with Crippen LogP contribution >= 0.6 is 11.3 Å². The molecule has 0 bridgehead atoms. The molecule has 0 aliphatic heterocycles. The molecule has 2 aromatic heterocycles. The zero-order chi connectivity index (χ0) is 19.1. The lowest BCUT2D eigenvalue weighted by molar-refractivity contribution is 0.509. The van der Waals surface area contributed by atoms with Gasteiger partial charge in [0.25, 0.3) is 5.56 Å². The maximum Gasteiger partial charge on any atom is 0.259 e. The number of aromatic nitrogens is 2. The number of H-pyrrole nitrogens is 1. The van der Waals surface area contributed by atoms with Crippen LogP contribution in [-0.4, -0.2) is 9.97 Å². The van der Waals surface area contributed by atoms with Crippen molar-refractivity contribution in [3.8, 4) is 0 Å². The van der Waals surface area contributed by atoms with E-state index in [-0.39, 0.29) is 11.6 Å². The Bertz CT molecular complexity index is 1020. The molecule has 0 saturated carbocycles. The second-order valence-corrected chi connectivity index (χ2v) is 9.21. The first-order valence-corrected chi connectivity index (χ1v) is 10.6. The number of hydrogen-bond donors (Lipinski definition) is 2. The van der Waals surface area contributed by atoms with Gasteiger partial charge < -0.3 is 10.3 Å². The number of nitrogens with one attached hydrogen (secondary N) is 2. The van der Waals surface area contributed by atoms with Crippen LogP contribution in [0.25, 0.3) is 10.2 Å². The molecule has 0 fully saturated rings. The molecule has 2 heterocycles. The summed E-state index contributed by atoms with van der Waals surface area (Å²) in [6.07, 6.45) is 3.22. The van der Waals surface area contributed by atoms with Crippen LogP contribution in [0, 0.1) is 5.92 Å². The second kappa shape index (κ2) is 7.12. The molecule has 0 saturated heterocycles. The Hall–Kier alpha value is -2.14. The summed E-state index contributed by atoms with van der Waals surface area (Å²) in [5, 5.41) is 4.28. The highest BCUT2D eigenvalue weighted by molar-refractivity contribution is 7.18. The van der Waals surface area contributed by atoms with E-state index in [1.807, 2.05) is 6.92 Å². The first-order chi connectivity index (χ1) is 12.9. The largest absolute Gasteiger partial charge is 0.375 e. The standard InChI is InChI=1S/C22H27N3OS/c1-12(2)15-6-8-16(9-7-15)23-14(4)20-24-21(26)19-17-10-5-13(3)11-18(17)27-22(19)25-20/h6-9,12-14,23H,5,10-11H2,1-4H3,(H,24,25,26)/t13-,14+/m0/s1. The first kappa shape index (κ1) is 18.2. The van der Waals surface area contributed by atoms with E-state index in [0.717, 1.165) is 35.2 Å². The summed E-state index contributed by atoms with van der Waals surface area (Å²) in [4.78, 5) is 22.8. The van der Waals surface area contributed by atoms with Gasteiger partial charge in [0.1, 0.15) is 10.7 Å². The number of benzene rings is 1. The van der Waals surface area contributed by atoms with Gasteiger partial charge in [-0.2, -0.15) is 0 Å². The molecule has 142 valence electrons. The predicted octanol–water partition coefficient (Wildman–Crippen LogP) is 5.41. The van der Waals surface area contributed by atoms with Crippen molar-refractivity contribution in [1.29, 1.82) is 0 Å². The number of thiophene rings is 1. The Morgan fingerprint density at radius 3 is 2.67 bits per heavy atom. The van der Waals surface area contributed by atoms with Crippen LogP contribution in [0.1, 0.15) is 67.9 Å². The van der Waals surface area contributed by atoms with Crippen molar-refractivity contribution in [3.05, 3.63) is 56.4 Å². The molecule has 3 aromatic rings. The molecule has 1 aromatic carbocycles. The molecule has 4 rings (SSSR count). The van der Waals surface area contributed by atoms with Crippen LogP contribution in [0.15, 0.2) is 29.1 Å². The SMILES string of the molecule is CC(C)c1ccc(N[C@H](C)c2nc3sc4c(c3c(=O)[nH]2)CC[C@H](C)C4)cc1. The third-order valence-electron chi connectivity index (χ3n) is 5.55. The fraction of sp³-hybridized carbons (Fsp3) is 0.455.